The number of aryl methyl sites for hydroxylation is 1. The Balaban J connectivity index is 1.76. The average molecular weight is 366 g/mol. The number of benzene rings is 2. The first-order chi connectivity index (χ1) is 10.2. The van der Waals surface area contributed by atoms with Crippen LogP contribution in [0.4, 0.5) is 5.69 Å². The third-order valence-corrected chi connectivity index (χ3v) is 4.45. The van der Waals surface area contributed by atoms with E-state index in [0.717, 1.165) is 39.1 Å². The summed E-state index contributed by atoms with van der Waals surface area (Å²) in [6.07, 6.45) is 0.800. The van der Waals surface area contributed by atoms with Crippen molar-refractivity contribution < 1.29 is 4.42 Å². The summed E-state index contributed by atoms with van der Waals surface area (Å²) >= 11 is 9.49. The first-order valence-electron chi connectivity index (χ1n) is 6.73. The Labute approximate surface area is 136 Å². The van der Waals surface area contributed by atoms with Crippen molar-refractivity contribution in [3.05, 3.63) is 57.3 Å². The molecule has 3 rings (SSSR count). The lowest BCUT2D eigenvalue weighted by Crippen LogP contribution is -1.99. The quantitative estimate of drug-likeness (QED) is 0.671. The second-order valence-electron chi connectivity index (χ2n) is 4.75. The Morgan fingerprint density at radius 1 is 1.24 bits per heavy atom. The minimum Gasteiger partial charge on any atom is -0.441 e. The maximum atomic E-state index is 6.10. The molecule has 1 aromatic heterocycles. The van der Waals surface area contributed by atoms with Gasteiger partial charge in [-0.2, -0.15) is 0 Å². The van der Waals surface area contributed by atoms with Gasteiger partial charge in [0.05, 0.1) is 5.02 Å². The average Bonchev–Trinajstić information content (AvgIpc) is 2.90. The van der Waals surface area contributed by atoms with Gasteiger partial charge in [0, 0.05) is 23.1 Å². The van der Waals surface area contributed by atoms with Crippen LogP contribution in [0.15, 0.2) is 45.3 Å². The van der Waals surface area contributed by atoms with Crippen LogP contribution in [-0.2, 0) is 13.0 Å². The summed E-state index contributed by atoms with van der Waals surface area (Å²) in [6, 6.07) is 11.9. The molecule has 0 aliphatic heterocycles. The molecule has 0 radical (unpaired) electrons. The minimum absolute atomic E-state index is 0.705. The Morgan fingerprint density at radius 2 is 2.10 bits per heavy atom. The van der Waals surface area contributed by atoms with E-state index in [-0.39, 0.29) is 0 Å². The zero-order valence-electron chi connectivity index (χ0n) is 11.5. The molecule has 0 amide bonds. The normalized spacial score (nSPS) is 11.0. The number of nitrogens with one attached hydrogen (secondary N) is 1. The van der Waals surface area contributed by atoms with Crippen molar-refractivity contribution in [2.45, 2.75) is 19.9 Å². The SMILES string of the molecule is CCc1nc2cc(NCc3ccc(Br)c(Cl)c3)ccc2o1. The maximum absolute atomic E-state index is 6.10. The van der Waals surface area contributed by atoms with Crippen molar-refractivity contribution in [3.63, 3.8) is 0 Å². The third-order valence-electron chi connectivity index (χ3n) is 3.21. The van der Waals surface area contributed by atoms with Crippen molar-refractivity contribution in [3.8, 4) is 0 Å². The fourth-order valence-corrected chi connectivity index (χ4v) is 2.54. The fraction of sp³-hybridized carbons (Fsp3) is 0.188. The van der Waals surface area contributed by atoms with Crippen LogP contribution in [0.2, 0.25) is 5.02 Å². The maximum Gasteiger partial charge on any atom is 0.195 e. The largest absolute Gasteiger partial charge is 0.441 e. The zero-order chi connectivity index (χ0) is 14.8. The van der Waals surface area contributed by atoms with E-state index in [1.54, 1.807) is 0 Å². The molecule has 0 spiro atoms. The lowest BCUT2D eigenvalue weighted by Gasteiger charge is -2.07. The molecule has 0 atom stereocenters. The second kappa shape index (κ2) is 6.08. The molecule has 0 fully saturated rings. The van der Waals surface area contributed by atoms with Crippen molar-refractivity contribution >= 4 is 44.3 Å². The highest BCUT2D eigenvalue weighted by Crippen LogP contribution is 2.24. The predicted octanol–water partition coefficient (Wildman–Crippen LogP) is 5.42. The first kappa shape index (κ1) is 14.4. The lowest BCUT2D eigenvalue weighted by molar-refractivity contribution is 0.538. The van der Waals surface area contributed by atoms with Crippen LogP contribution in [0.5, 0.6) is 0 Å². The van der Waals surface area contributed by atoms with Crippen molar-refractivity contribution in [1.82, 2.24) is 4.98 Å². The van der Waals surface area contributed by atoms with E-state index in [9.17, 15) is 0 Å². The molecule has 2 aromatic carbocycles. The van der Waals surface area contributed by atoms with Crippen LogP contribution in [0, 0.1) is 0 Å². The molecule has 0 aliphatic carbocycles. The van der Waals surface area contributed by atoms with E-state index >= 15 is 0 Å². The van der Waals surface area contributed by atoms with Gasteiger partial charge in [0.15, 0.2) is 11.5 Å². The molecular weight excluding hydrogens is 352 g/mol. The van der Waals surface area contributed by atoms with Gasteiger partial charge in [-0.3, -0.25) is 0 Å². The molecule has 1 N–H and O–H groups in total. The monoisotopic (exact) mass is 364 g/mol. The summed E-state index contributed by atoms with van der Waals surface area (Å²) in [6.45, 7) is 2.73. The molecule has 5 heteroatoms. The highest BCUT2D eigenvalue weighted by Gasteiger charge is 2.05. The number of nitrogens with zero attached hydrogens (tertiary/aromatic N) is 1. The Hall–Kier alpha value is -1.52. The Bertz CT molecular complexity index is 785. The van der Waals surface area contributed by atoms with Crippen LogP contribution in [0.1, 0.15) is 18.4 Å². The molecule has 0 unspecified atom stereocenters. The van der Waals surface area contributed by atoms with Gasteiger partial charge in [-0.15, -0.1) is 0 Å². The van der Waals surface area contributed by atoms with Crippen molar-refractivity contribution in [2.24, 2.45) is 0 Å². The van der Waals surface area contributed by atoms with E-state index in [2.05, 4.69) is 26.2 Å². The molecule has 0 saturated carbocycles. The van der Waals surface area contributed by atoms with E-state index in [1.165, 1.54) is 0 Å². The summed E-state index contributed by atoms with van der Waals surface area (Å²) in [5.41, 5.74) is 3.84. The van der Waals surface area contributed by atoms with E-state index in [1.807, 2.05) is 43.3 Å². The molecule has 108 valence electrons. The third kappa shape index (κ3) is 3.22. The van der Waals surface area contributed by atoms with Gasteiger partial charge in [0.2, 0.25) is 0 Å². The minimum atomic E-state index is 0.705. The number of rotatable bonds is 4. The van der Waals surface area contributed by atoms with Crippen LogP contribution >= 0.6 is 27.5 Å². The molecule has 1 heterocycles. The lowest BCUT2D eigenvalue weighted by atomic mass is 10.2. The standard InChI is InChI=1S/C16H14BrClN2O/c1-2-16-20-14-8-11(4-6-15(14)21-16)19-9-10-3-5-12(17)13(18)7-10/h3-8,19H,2,9H2,1H3. The van der Waals surface area contributed by atoms with Crippen molar-refractivity contribution in [1.29, 1.82) is 0 Å². The topological polar surface area (TPSA) is 38.1 Å². The number of hydrogen-bond acceptors (Lipinski definition) is 3. The molecule has 3 nitrogen and oxygen atoms in total. The summed E-state index contributed by atoms with van der Waals surface area (Å²) in [4.78, 5) is 4.44. The number of fused-ring (bicyclic) bond motifs is 1. The number of aromatic nitrogens is 1. The summed E-state index contributed by atoms with van der Waals surface area (Å²) in [7, 11) is 0. The van der Waals surface area contributed by atoms with E-state index in [4.69, 9.17) is 16.0 Å². The molecular formula is C16H14BrClN2O. The van der Waals surface area contributed by atoms with Gasteiger partial charge < -0.3 is 9.73 Å². The first-order valence-corrected chi connectivity index (χ1v) is 7.90. The van der Waals surface area contributed by atoms with Crippen LogP contribution in [0.3, 0.4) is 0 Å². The van der Waals surface area contributed by atoms with E-state index in [0.29, 0.717) is 11.6 Å². The van der Waals surface area contributed by atoms with Gasteiger partial charge in [-0.1, -0.05) is 24.6 Å². The Morgan fingerprint density at radius 3 is 2.86 bits per heavy atom. The number of halogens is 2. The van der Waals surface area contributed by atoms with Gasteiger partial charge >= 0.3 is 0 Å². The van der Waals surface area contributed by atoms with Crippen LogP contribution in [-0.4, -0.2) is 4.98 Å². The predicted molar refractivity (Wildman–Crippen MR) is 89.9 cm³/mol. The van der Waals surface area contributed by atoms with Gasteiger partial charge in [-0.05, 0) is 51.8 Å². The summed E-state index contributed by atoms with van der Waals surface area (Å²) in [5, 5.41) is 4.09. The highest BCUT2D eigenvalue weighted by atomic mass is 79.9. The number of anilines is 1. The molecule has 0 aliphatic rings. The van der Waals surface area contributed by atoms with Crippen LogP contribution in [0.25, 0.3) is 11.1 Å². The van der Waals surface area contributed by atoms with Gasteiger partial charge in [0.1, 0.15) is 5.52 Å². The molecule has 0 saturated heterocycles. The molecule has 3 aromatic rings. The number of oxazole rings is 1. The van der Waals surface area contributed by atoms with Gasteiger partial charge in [-0.25, -0.2) is 4.98 Å². The van der Waals surface area contributed by atoms with Gasteiger partial charge in [0.25, 0.3) is 0 Å². The van der Waals surface area contributed by atoms with E-state index < -0.39 is 0 Å². The summed E-state index contributed by atoms with van der Waals surface area (Å²) < 4.78 is 6.51. The smallest absolute Gasteiger partial charge is 0.195 e. The number of hydrogen-bond donors (Lipinski definition) is 1. The second-order valence-corrected chi connectivity index (χ2v) is 6.01. The summed E-state index contributed by atoms with van der Waals surface area (Å²) in [5.74, 6) is 0.766. The highest BCUT2D eigenvalue weighted by molar-refractivity contribution is 9.10. The Kier molecular flexibility index (Phi) is 4.17. The molecule has 21 heavy (non-hydrogen) atoms. The van der Waals surface area contributed by atoms with Crippen molar-refractivity contribution in [2.75, 3.05) is 5.32 Å². The molecule has 0 bridgehead atoms. The fourth-order valence-electron chi connectivity index (χ4n) is 2.09. The zero-order valence-corrected chi connectivity index (χ0v) is 13.8. The van der Waals surface area contributed by atoms with Crippen LogP contribution < -0.4 is 5.32 Å².